The second-order valence-electron chi connectivity index (χ2n) is 10.4. The fourth-order valence-electron chi connectivity index (χ4n) is 5.13. The van der Waals surface area contributed by atoms with Gasteiger partial charge in [-0.15, -0.1) is 0 Å². The van der Waals surface area contributed by atoms with Crippen LogP contribution in [0.15, 0.2) is 77.8 Å². The molecule has 0 atom stereocenters. The minimum absolute atomic E-state index is 0.0544. The number of hydrogen-bond donors (Lipinski definition) is 2. The molecule has 0 unspecified atom stereocenters. The van der Waals surface area contributed by atoms with Crippen LogP contribution in [-0.4, -0.2) is 62.6 Å². The highest BCUT2D eigenvalue weighted by Crippen LogP contribution is 2.35. The van der Waals surface area contributed by atoms with E-state index in [0.29, 0.717) is 71.1 Å². The number of carbonyl (C=O) groups is 1. The van der Waals surface area contributed by atoms with E-state index in [-0.39, 0.29) is 28.3 Å². The second-order valence-corrected chi connectivity index (χ2v) is 12.4. The maximum atomic E-state index is 14.3. The summed E-state index contributed by atoms with van der Waals surface area (Å²) in [4.78, 5) is 22.7. The van der Waals surface area contributed by atoms with E-state index in [4.69, 9.17) is 26.8 Å². The van der Waals surface area contributed by atoms with Crippen molar-refractivity contribution in [2.75, 3.05) is 43.9 Å². The van der Waals surface area contributed by atoms with E-state index >= 15 is 0 Å². The lowest BCUT2D eigenvalue weighted by molar-refractivity contribution is 0.0303. The molecule has 0 aliphatic carbocycles. The van der Waals surface area contributed by atoms with Crippen LogP contribution in [0.3, 0.4) is 0 Å². The predicted molar refractivity (Wildman–Crippen MR) is 170 cm³/mol. The number of morpholine rings is 1. The number of halogens is 3. The van der Waals surface area contributed by atoms with E-state index in [9.17, 15) is 22.0 Å². The van der Waals surface area contributed by atoms with Crippen molar-refractivity contribution in [3.05, 3.63) is 95.1 Å². The topological polar surface area (TPSA) is 137 Å². The predicted octanol–water partition coefficient (Wildman–Crippen LogP) is 5.76. The van der Waals surface area contributed by atoms with Crippen molar-refractivity contribution in [1.82, 2.24) is 14.9 Å². The fraction of sp³-hybridized carbons (Fsp3) is 0.156. The summed E-state index contributed by atoms with van der Waals surface area (Å²) in [6, 6.07) is 15.9. The molecule has 10 nitrogen and oxygen atoms in total. The highest BCUT2D eigenvalue weighted by molar-refractivity contribution is 7.92. The lowest BCUT2D eigenvalue weighted by Gasteiger charge is -2.27. The van der Waals surface area contributed by atoms with E-state index in [2.05, 4.69) is 14.7 Å². The van der Waals surface area contributed by atoms with E-state index in [1.54, 1.807) is 35.2 Å². The molecule has 1 aliphatic rings. The molecule has 0 bridgehead atoms. The molecule has 1 amide bonds. The standard InChI is InChI=1S/C32H26ClF2N5O5S/c1-44-31-28(39-46(42,43)29-7-4-22(34)16-26(29)35)15-21(17-37-31)18-3-6-27-20(12-18)13-24(30(36)38-27)19-2-5-23(25(33)14-19)32(41)40-8-10-45-11-9-40/h2-7,12-17,39H,8-11H2,1H3,(H2,36,38). The maximum Gasteiger partial charge on any atom is 0.264 e. The Bertz CT molecular complexity index is 2110. The molecule has 0 spiro atoms. The lowest BCUT2D eigenvalue weighted by atomic mass is 9.99. The molecular formula is C32H26ClF2N5O5S. The van der Waals surface area contributed by atoms with Gasteiger partial charge in [-0.2, -0.15) is 0 Å². The molecule has 0 saturated carbocycles. The molecule has 2 aromatic heterocycles. The number of nitrogens with two attached hydrogens (primary N) is 1. The van der Waals surface area contributed by atoms with Crippen LogP contribution in [0, 0.1) is 11.6 Å². The molecular weight excluding hydrogens is 640 g/mol. The van der Waals surface area contributed by atoms with Gasteiger partial charge in [0, 0.05) is 41.9 Å². The third kappa shape index (κ3) is 6.16. The lowest BCUT2D eigenvalue weighted by Crippen LogP contribution is -2.40. The van der Waals surface area contributed by atoms with Crippen molar-refractivity contribution in [2.45, 2.75) is 4.90 Å². The third-order valence-corrected chi connectivity index (χ3v) is 9.17. The number of ether oxygens (including phenoxy) is 2. The molecule has 14 heteroatoms. The number of carbonyl (C=O) groups excluding carboxylic acids is 1. The zero-order valence-corrected chi connectivity index (χ0v) is 25.8. The quantitative estimate of drug-likeness (QED) is 0.224. The van der Waals surface area contributed by atoms with Gasteiger partial charge in [0.25, 0.3) is 15.9 Å². The Morgan fingerprint density at radius 2 is 1.76 bits per heavy atom. The van der Waals surface area contributed by atoms with Crippen LogP contribution >= 0.6 is 11.6 Å². The van der Waals surface area contributed by atoms with Crippen LogP contribution in [0.5, 0.6) is 5.88 Å². The van der Waals surface area contributed by atoms with Crippen LogP contribution in [0.2, 0.25) is 5.02 Å². The van der Waals surface area contributed by atoms with Gasteiger partial charge >= 0.3 is 0 Å². The largest absolute Gasteiger partial charge is 0.480 e. The van der Waals surface area contributed by atoms with Crippen LogP contribution in [0.4, 0.5) is 20.3 Å². The molecule has 1 aliphatic heterocycles. The van der Waals surface area contributed by atoms with Crippen molar-refractivity contribution in [1.29, 1.82) is 0 Å². The van der Waals surface area contributed by atoms with Crippen molar-refractivity contribution in [2.24, 2.45) is 0 Å². The number of pyridine rings is 2. The Labute approximate surface area is 267 Å². The number of hydrogen-bond acceptors (Lipinski definition) is 8. The third-order valence-electron chi connectivity index (χ3n) is 7.46. The van der Waals surface area contributed by atoms with Crippen LogP contribution in [0.25, 0.3) is 33.2 Å². The number of benzene rings is 3. The van der Waals surface area contributed by atoms with E-state index in [1.807, 2.05) is 12.1 Å². The molecule has 3 heterocycles. The molecule has 0 radical (unpaired) electrons. The number of sulfonamides is 1. The van der Waals surface area contributed by atoms with E-state index < -0.39 is 26.6 Å². The SMILES string of the molecule is COc1ncc(-c2ccc3nc(N)c(-c4ccc(C(=O)N5CCOCC5)c(Cl)c4)cc3c2)cc1NS(=O)(=O)c1ccc(F)cc1F. The molecule has 46 heavy (non-hydrogen) atoms. The van der Waals surface area contributed by atoms with Gasteiger partial charge in [0.15, 0.2) is 0 Å². The zero-order valence-electron chi connectivity index (χ0n) is 24.3. The van der Waals surface area contributed by atoms with Crippen LogP contribution in [-0.2, 0) is 14.8 Å². The molecule has 5 aromatic rings. The van der Waals surface area contributed by atoms with Crippen LogP contribution in [0.1, 0.15) is 10.4 Å². The van der Waals surface area contributed by atoms with Gasteiger partial charge in [-0.3, -0.25) is 9.52 Å². The number of fused-ring (bicyclic) bond motifs is 1. The Hall–Kier alpha value is -4.85. The van der Waals surface area contributed by atoms with Gasteiger partial charge < -0.3 is 20.1 Å². The minimum atomic E-state index is -4.46. The first kappa shape index (κ1) is 31.1. The first-order chi connectivity index (χ1) is 22.0. The smallest absolute Gasteiger partial charge is 0.264 e. The highest BCUT2D eigenvalue weighted by atomic mass is 35.5. The van der Waals surface area contributed by atoms with Gasteiger partial charge in [0.1, 0.15) is 28.0 Å². The fourth-order valence-corrected chi connectivity index (χ4v) is 6.50. The summed E-state index contributed by atoms with van der Waals surface area (Å²) in [6.45, 7) is 1.93. The molecule has 1 saturated heterocycles. The Morgan fingerprint density at radius 1 is 1.00 bits per heavy atom. The van der Waals surface area contributed by atoms with Crippen molar-refractivity contribution in [3.63, 3.8) is 0 Å². The number of amides is 1. The van der Waals surface area contributed by atoms with E-state index in [1.165, 1.54) is 19.4 Å². The van der Waals surface area contributed by atoms with Gasteiger partial charge in [-0.25, -0.2) is 27.2 Å². The number of nitrogens with one attached hydrogen (secondary N) is 1. The second kappa shape index (κ2) is 12.5. The molecule has 6 rings (SSSR count). The summed E-state index contributed by atoms with van der Waals surface area (Å²) < 4.78 is 66.5. The number of anilines is 2. The zero-order chi connectivity index (χ0) is 32.6. The highest BCUT2D eigenvalue weighted by Gasteiger charge is 2.23. The summed E-state index contributed by atoms with van der Waals surface area (Å²) in [5.74, 6) is -2.12. The Kier molecular flexibility index (Phi) is 8.47. The number of aromatic nitrogens is 2. The maximum absolute atomic E-state index is 14.3. The van der Waals surface area contributed by atoms with Gasteiger partial charge in [-0.05, 0) is 59.7 Å². The first-order valence-corrected chi connectivity index (χ1v) is 15.8. The molecule has 3 N–H and O–H groups in total. The van der Waals surface area contributed by atoms with Gasteiger partial charge in [-0.1, -0.05) is 23.7 Å². The van der Waals surface area contributed by atoms with Crippen molar-refractivity contribution in [3.8, 4) is 28.1 Å². The normalized spacial score (nSPS) is 13.5. The monoisotopic (exact) mass is 665 g/mol. The Balaban J connectivity index is 1.33. The number of rotatable bonds is 7. The Morgan fingerprint density at radius 3 is 2.48 bits per heavy atom. The average Bonchev–Trinajstić information content (AvgIpc) is 3.04. The first-order valence-electron chi connectivity index (χ1n) is 13.9. The average molecular weight is 666 g/mol. The van der Waals surface area contributed by atoms with Gasteiger partial charge in [0.2, 0.25) is 5.88 Å². The minimum Gasteiger partial charge on any atom is -0.480 e. The van der Waals surface area contributed by atoms with Crippen molar-refractivity contribution < 1.29 is 31.5 Å². The number of methoxy groups -OCH3 is 1. The van der Waals surface area contributed by atoms with Gasteiger partial charge in [0.05, 0.1) is 36.4 Å². The summed E-state index contributed by atoms with van der Waals surface area (Å²) >= 11 is 6.57. The molecule has 3 aromatic carbocycles. The number of nitrogen functional groups attached to an aromatic ring is 1. The summed E-state index contributed by atoms with van der Waals surface area (Å²) in [7, 11) is -3.15. The molecule has 236 valence electrons. The summed E-state index contributed by atoms with van der Waals surface area (Å²) in [5, 5.41) is 0.986. The van der Waals surface area contributed by atoms with Crippen LogP contribution < -0.4 is 15.2 Å². The summed E-state index contributed by atoms with van der Waals surface area (Å²) in [6.07, 6.45) is 1.49. The van der Waals surface area contributed by atoms with E-state index in [0.717, 1.165) is 12.1 Å². The molecule has 1 fully saturated rings. The number of nitrogens with zero attached hydrogens (tertiary/aromatic N) is 3. The van der Waals surface area contributed by atoms with Crippen molar-refractivity contribution >= 4 is 49.9 Å². The summed E-state index contributed by atoms with van der Waals surface area (Å²) in [5.41, 5.74) is 9.67.